The molecule has 1 aromatic heterocycles. The number of amides is 4. The Kier molecular flexibility index (Phi) is 3.48. The van der Waals surface area contributed by atoms with Gasteiger partial charge in [-0.3, -0.25) is 14.9 Å². The number of benzene rings is 1. The van der Waals surface area contributed by atoms with Gasteiger partial charge in [-0.05, 0) is 25.0 Å². The fourth-order valence-electron chi connectivity index (χ4n) is 3.88. The minimum Gasteiger partial charge on any atom is -0.441 e. The second-order valence-corrected chi connectivity index (χ2v) is 6.56. The predicted octanol–water partition coefficient (Wildman–Crippen LogP) is 1.24. The molecule has 130 valence electrons. The van der Waals surface area contributed by atoms with Crippen LogP contribution in [-0.2, 0) is 4.79 Å². The molecule has 0 radical (unpaired) electrons. The van der Waals surface area contributed by atoms with Gasteiger partial charge in [-0.25, -0.2) is 9.78 Å². The number of nitrogens with one attached hydrogen (secondary N) is 3. The van der Waals surface area contributed by atoms with Crippen molar-refractivity contribution in [3.63, 3.8) is 0 Å². The lowest BCUT2D eigenvalue weighted by Crippen LogP contribution is -2.53. The number of fused-ring (bicyclic) bond motifs is 1. The summed E-state index contributed by atoms with van der Waals surface area (Å²) in [5.41, 5.74) is 0.609. The van der Waals surface area contributed by atoms with E-state index in [2.05, 4.69) is 20.9 Å². The summed E-state index contributed by atoms with van der Waals surface area (Å²) < 4.78 is 5.45. The molecular formula is C17H18N4O4. The topological polar surface area (TPSA) is 113 Å². The van der Waals surface area contributed by atoms with Crippen LogP contribution in [0.5, 0.6) is 0 Å². The molecule has 1 saturated heterocycles. The highest BCUT2D eigenvalue weighted by Gasteiger charge is 2.54. The minimum atomic E-state index is -0.902. The molecule has 8 nitrogen and oxygen atoms in total. The molecule has 2 fully saturated rings. The molecule has 1 saturated carbocycles. The maximum atomic E-state index is 12.6. The molecule has 2 aromatic rings. The number of aryl methyl sites for hydroxylation is 1. The van der Waals surface area contributed by atoms with E-state index in [-0.39, 0.29) is 17.7 Å². The van der Waals surface area contributed by atoms with Gasteiger partial charge in [-0.2, -0.15) is 0 Å². The second kappa shape index (κ2) is 5.58. The highest BCUT2D eigenvalue weighted by Crippen LogP contribution is 2.37. The number of para-hydroxylation sites is 1. The van der Waals surface area contributed by atoms with E-state index in [1.54, 1.807) is 25.1 Å². The van der Waals surface area contributed by atoms with E-state index in [1.165, 1.54) is 0 Å². The van der Waals surface area contributed by atoms with Gasteiger partial charge in [0, 0.05) is 19.4 Å². The highest BCUT2D eigenvalue weighted by molar-refractivity contribution is 6.07. The summed E-state index contributed by atoms with van der Waals surface area (Å²) in [5.74, 6) is -0.217. The Labute approximate surface area is 143 Å². The van der Waals surface area contributed by atoms with Gasteiger partial charge in [-0.15, -0.1) is 0 Å². The van der Waals surface area contributed by atoms with Crippen LogP contribution in [0, 0.1) is 12.8 Å². The number of urea groups is 1. The van der Waals surface area contributed by atoms with Crippen LogP contribution in [0.2, 0.25) is 0 Å². The number of hydrogen-bond acceptors (Lipinski definition) is 5. The first-order valence-corrected chi connectivity index (χ1v) is 8.27. The summed E-state index contributed by atoms with van der Waals surface area (Å²) >= 11 is 0. The number of imide groups is 1. The molecule has 3 N–H and O–H groups in total. The lowest BCUT2D eigenvalue weighted by molar-refractivity contribution is -0.125. The molecule has 0 bridgehead atoms. The third-order valence-electron chi connectivity index (χ3n) is 5.07. The predicted molar refractivity (Wildman–Crippen MR) is 87.8 cm³/mol. The largest absolute Gasteiger partial charge is 0.441 e. The number of rotatable bonds is 3. The third-order valence-corrected chi connectivity index (χ3v) is 5.07. The molecule has 1 spiro atoms. The van der Waals surface area contributed by atoms with Crippen LogP contribution in [0.1, 0.15) is 35.5 Å². The SMILES string of the molecule is Cc1nc2c(C(=O)NC[C@H]3CCC[C@]34NC(=O)NC4=O)cccc2o1. The highest BCUT2D eigenvalue weighted by atomic mass is 16.3. The third kappa shape index (κ3) is 2.45. The maximum Gasteiger partial charge on any atom is 0.322 e. The van der Waals surface area contributed by atoms with Gasteiger partial charge < -0.3 is 15.1 Å². The number of oxazole rings is 1. The maximum absolute atomic E-state index is 12.6. The molecule has 1 aliphatic heterocycles. The van der Waals surface area contributed by atoms with Crippen LogP contribution in [-0.4, -0.2) is 34.9 Å². The molecular weight excluding hydrogens is 324 g/mol. The van der Waals surface area contributed by atoms with Crippen LogP contribution in [0.25, 0.3) is 11.1 Å². The first kappa shape index (κ1) is 15.6. The summed E-state index contributed by atoms with van der Waals surface area (Å²) in [6.45, 7) is 2.03. The molecule has 2 heterocycles. The average molecular weight is 342 g/mol. The van der Waals surface area contributed by atoms with Crippen molar-refractivity contribution in [1.82, 2.24) is 20.9 Å². The Bertz CT molecular complexity index is 890. The molecule has 25 heavy (non-hydrogen) atoms. The first-order chi connectivity index (χ1) is 12.0. The summed E-state index contributed by atoms with van der Waals surface area (Å²) in [6.07, 6.45) is 2.18. The van der Waals surface area contributed by atoms with Crippen LogP contribution in [0.4, 0.5) is 4.79 Å². The number of carbonyl (C=O) groups excluding carboxylic acids is 3. The molecule has 4 rings (SSSR count). The average Bonchev–Trinajstić information content (AvgIpc) is 3.22. The van der Waals surface area contributed by atoms with E-state index in [0.717, 1.165) is 12.8 Å². The standard InChI is InChI=1S/C17H18N4O4/c1-9-19-13-11(5-2-6-12(13)25-9)14(22)18-8-10-4-3-7-17(10)15(23)20-16(24)21-17/h2,5-6,10H,3-4,7-8H2,1H3,(H,18,22)(H2,20,21,23,24)/t10-,17+/m1/s1. The zero-order chi connectivity index (χ0) is 17.6. The van der Waals surface area contributed by atoms with Gasteiger partial charge in [0.1, 0.15) is 11.1 Å². The van der Waals surface area contributed by atoms with Crippen LogP contribution in [0.3, 0.4) is 0 Å². The molecule has 4 amide bonds. The van der Waals surface area contributed by atoms with Crippen molar-refractivity contribution in [2.24, 2.45) is 5.92 Å². The van der Waals surface area contributed by atoms with Gasteiger partial charge in [0.15, 0.2) is 11.5 Å². The van der Waals surface area contributed by atoms with Crippen molar-refractivity contribution in [3.05, 3.63) is 29.7 Å². The number of hydrogen-bond donors (Lipinski definition) is 3. The van der Waals surface area contributed by atoms with Crippen molar-refractivity contribution in [1.29, 1.82) is 0 Å². The lowest BCUT2D eigenvalue weighted by Gasteiger charge is -2.28. The Morgan fingerprint density at radius 2 is 2.28 bits per heavy atom. The van der Waals surface area contributed by atoms with Gasteiger partial charge >= 0.3 is 6.03 Å². The smallest absolute Gasteiger partial charge is 0.322 e. The first-order valence-electron chi connectivity index (χ1n) is 8.27. The summed E-state index contributed by atoms with van der Waals surface area (Å²) in [7, 11) is 0. The number of carbonyl (C=O) groups is 3. The Morgan fingerprint density at radius 1 is 1.44 bits per heavy atom. The molecule has 1 aromatic carbocycles. The zero-order valence-electron chi connectivity index (χ0n) is 13.7. The fraction of sp³-hybridized carbons (Fsp3) is 0.412. The van der Waals surface area contributed by atoms with E-state index in [0.29, 0.717) is 35.5 Å². The van der Waals surface area contributed by atoms with Gasteiger partial charge in [0.05, 0.1) is 5.56 Å². The van der Waals surface area contributed by atoms with E-state index in [1.807, 2.05) is 0 Å². The van der Waals surface area contributed by atoms with E-state index in [4.69, 9.17) is 4.42 Å². The van der Waals surface area contributed by atoms with Gasteiger partial charge in [-0.1, -0.05) is 12.5 Å². The Hall–Kier alpha value is -2.90. The van der Waals surface area contributed by atoms with Crippen molar-refractivity contribution in [2.75, 3.05) is 6.54 Å². The lowest BCUT2D eigenvalue weighted by atomic mass is 9.87. The minimum absolute atomic E-state index is 0.138. The molecule has 8 heteroatoms. The van der Waals surface area contributed by atoms with Crippen molar-refractivity contribution in [3.8, 4) is 0 Å². The zero-order valence-corrected chi connectivity index (χ0v) is 13.7. The summed E-state index contributed by atoms with van der Waals surface area (Å²) in [5, 5.41) is 7.93. The summed E-state index contributed by atoms with van der Waals surface area (Å²) in [6, 6.07) is 4.72. The van der Waals surface area contributed by atoms with Crippen LogP contribution < -0.4 is 16.0 Å². The molecule has 2 atom stereocenters. The van der Waals surface area contributed by atoms with Crippen LogP contribution >= 0.6 is 0 Å². The Balaban J connectivity index is 1.52. The molecule has 1 aliphatic carbocycles. The van der Waals surface area contributed by atoms with E-state index < -0.39 is 11.6 Å². The monoisotopic (exact) mass is 342 g/mol. The molecule has 0 unspecified atom stereocenters. The van der Waals surface area contributed by atoms with Crippen molar-refractivity contribution < 1.29 is 18.8 Å². The molecule has 2 aliphatic rings. The van der Waals surface area contributed by atoms with E-state index >= 15 is 0 Å². The second-order valence-electron chi connectivity index (χ2n) is 6.56. The Morgan fingerprint density at radius 3 is 3.04 bits per heavy atom. The van der Waals surface area contributed by atoms with Gasteiger partial charge in [0.25, 0.3) is 11.8 Å². The normalized spacial score (nSPS) is 25.4. The van der Waals surface area contributed by atoms with Crippen LogP contribution in [0.15, 0.2) is 22.6 Å². The van der Waals surface area contributed by atoms with E-state index in [9.17, 15) is 14.4 Å². The number of aromatic nitrogens is 1. The van der Waals surface area contributed by atoms with Gasteiger partial charge in [0.2, 0.25) is 0 Å². The number of nitrogens with zero attached hydrogens (tertiary/aromatic N) is 1. The van der Waals surface area contributed by atoms with Crippen molar-refractivity contribution in [2.45, 2.75) is 31.7 Å². The fourth-order valence-corrected chi connectivity index (χ4v) is 3.88. The summed E-state index contributed by atoms with van der Waals surface area (Å²) in [4.78, 5) is 40.6. The van der Waals surface area contributed by atoms with Crippen molar-refractivity contribution >= 4 is 28.9 Å². The quantitative estimate of drug-likeness (QED) is 0.727.